The molecule has 0 aliphatic carbocycles. The minimum Gasteiger partial charge on any atom is -0.313 e. The Hall–Kier alpha value is 0.170. The molecule has 1 heterocycles. The van der Waals surface area contributed by atoms with Crippen molar-refractivity contribution in [3.05, 3.63) is 0 Å². The second-order valence-electron chi connectivity index (χ2n) is 1.22. The van der Waals surface area contributed by atoms with Crippen LogP contribution in [0.25, 0.3) is 0 Å². The van der Waals surface area contributed by atoms with E-state index in [4.69, 9.17) is 17.3 Å². The van der Waals surface area contributed by atoms with Gasteiger partial charge >= 0.3 is 0 Å². The molecule has 1 rings (SSSR count). The third-order valence-corrected chi connectivity index (χ3v) is 1.08. The molecular weight excluding hydrogens is 101 g/mol. The maximum Gasteiger partial charge on any atom is 0.125 e. The molecule has 0 amide bonds. The third kappa shape index (κ3) is 0.498. The van der Waals surface area contributed by atoms with Crippen LogP contribution in [-0.4, -0.2) is 11.7 Å². The average molecular weight is 108 g/mol. The highest BCUT2D eigenvalue weighted by atomic mass is 35.5. The van der Waals surface area contributed by atoms with Crippen LogP contribution in [0.2, 0.25) is 0 Å². The van der Waals surface area contributed by atoms with E-state index in [0.29, 0.717) is 0 Å². The predicted octanol–water partition coefficient (Wildman–Crippen LogP) is -1.06. The summed E-state index contributed by atoms with van der Waals surface area (Å²) in [5, 5.41) is 0. The van der Waals surface area contributed by atoms with Gasteiger partial charge in [-0.15, -0.1) is 11.6 Å². The van der Waals surface area contributed by atoms with Gasteiger partial charge in [-0.2, -0.15) is 0 Å². The first-order chi connectivity index (χ1) is 2.80. The van der Waals surface area contributed by atoms with Gasteiger partial charge in [0.05, 0.1) is 6.17 Å². The molecule has 4 heteroatoms. The first-order valence-electron chi connectivity index (χ1n) is 1.71. The van der Waals surface area contributed by atoms with Gasteiger partial charge in [-0.25, -0.2) is 10.9 Å². The monoisotopic (exact) mass is 107 g/mol. The molecule has 0 aromatic heterocycles. The molecule has 2 atom stereocenters. The van der Waals surface area contributed by atoms with E-state index in [1.807, 2.05) is 0 Å². The van der Waals surface area contributed by atoms with E-state index in [2.05, 4.69) is 10.9 Å². The van der Waals surface area contributed by atoms with Crippen molar-refractivity contribution in [2.75, 3.05) is 0 Å². The summed E-state index contributed by atoms with van der Waals surface area (Å²) in [7, 11) is 0. The number of hydrazine groups is 1. The van der Waals surface area contributed by atoms with Crippen molar-refractivity contribution in [2.24, 2.45) is 5.73 Å². The largest absolute Gasteiger partial charge is 0.313 e. The lowest BCUT2D eigenvalue weighted by atomic mass is 10.5. The Labute approximate surface area is 40.8 Å². The molecule has 0 bridgehead atoms. The second-order valence-corrected chi connectivity index (χ2v) is 1.69. The lowest BCUT2D eigenvalue weighted by molar-refractivity contribution is 0.273. The molecule has 1 saturated heterocycles. The number of rotatable bonds is 0. The van der Waals surface area contributed by atoms with Crippen molar-refractivity contribution in [3.63, 3.8) is 0 Å². The fourth-order valence-electron chi connectivity index (χ4n) is 0.243. The number of nitrogens with one attached hydrogen (secondary N) is 2. The molecule has 3 nitrogen and oxygen atoms in total. The van der Waals surface area contributed by atoms with E-state index in [0.717, 1.165) is 0 Å². The molecule has 1 fully saturated rings. The molecule has 6 heavy (non-hydrogen) atoms. The van der Waals surface area contributed by atoms with Crippen LogP contribution >= 0.6 is 11.6 Å². The van der Waals surface area contributed by atoms with Gasteiger partial charge in [0.25, 0.3) is 0 Å². The van der Waals surface area contributed by atoms with Crippen LogP contribution in [0.5, 0.6) is 0 Å². The zero-order chi connectivity index (χ0) is 4.57. The van der Waals surface area contributed by atoms with Crippen molar-refractivity contribution in [2.45, 2.75) is 11.7 Å². The van der Waals surface area contributed by atoms with Gasteiger partial charge in [-0.1, -0.05) is 0 Å². The highest BCUT2D eigenvalue weighted by Gasteiger charge is 2.22. The van der Waals surface area contributed by atoms with Gasteiger partial charge in [-0.3, -0.25) is 0 Å². The van der Waals surface area contributed by atoms with Crippen molar-refractivity contribution >= 4 is 11.6 Å². The number of hydrogen-bond donors (Lipinski definition) is 3. The van der Waals surface area contributed by atoms with Crippen molar-refractivity contribution in [3.8, 4) is 0 Å². The molecule has 4 N–H and O–H groups in total. The predicted molar refractivity (Wildman–Crippen MR) is 23.9 cm³/mol. The molecule has 0 aromatic rings. The molecule has 0 spiro atoms. The molecule has 1 aliphatic rings. The minimum atomic E-state index is -0.0787. The summed E-state index contributed by atoms with van der Waals surface area (Å²) >= 11 is 5.40. The van der Waals surface area contributed by atoms with E-state index < -0.39 is 0 Å². The molecule has 0 aromatic carbocycles. The maximum atomic E-state index is 5.40. The molecule has 1 aliphatic heterocycles. The number of nitrogens with two attached hydrogens (primary N) is 1. The number of hydrogen-bond acceptors (Lipinski definition) is 3. The first-order valence-corrected chi connectivity index (χ1v) is 2.15. The van der Waals surface area contributed by atoms with Gasteiger partial charge in [-0.05, 0) is 0 Å². The Bertz CT molecular complexity index is 48.8. The molecule has 36 valence electrons. The van der Waals surface area contributed by atoms with Gasteiger partial charge in [0.1, 0.15) is 5.50 Å². The summed E-state index contributed by atoms with van der Waals surface area (Å²) < 4.78 is 0. The lowest BCUT2D eigenvalue weighted by Crippen LogP contribution is -2.68. The van der Waals surface area contributed by atoms with Crippen molar-refractivity contribution in [1.82, 2.24) is 10.9 Å². The van der Waals surface area contributed by atoms with Crippen LogP contribution in [0, 0.1) is 0 Å². The normalized spacial score (nSPS) is 45.0. The van der Waals surface area contributed by atoms with Crippen LogP contribution in [0.15, 0.2) is 0 Å². The van der Waals surface area contributed by atoms with Crippen molar-refractivity contribution in [1.29, 1.82) is 0 Å². The van der Waals surface area contributed by atoms with Gasteiger partial charge in [0, 0.05) is 0 Å². The highest BCUT2D eigenvalue weighted by molar-refractivity contribution is 6.21. The molecule has 0 radical (unpaired) electrons. The Kier molecular flexibility index (Phi) is 0.972. The maximum absolute atomic E-state index is 5.40. The van der Waals surface area contributed by atoms with Gasteiger partial charge in [0.15, 0.2) is 0 Å². The summed E-state index contributed by atoms with van der Waals surface area (Å²) in [4.78, 5) is 0. The zero-order valence-corrected chi connectivity index (χ0v) is 3.87. The topological polar surface area (TPSA) is 50.1 Å². The summed E-state index contributed by atoms with van der Waals surface area (Å²) in [6, 6.07) is 0. The van der Waals surface area contributed by atoms with E-state index >= 15 is 0 Å². The van der Waals surface area contributed by atoms with Crippen LogP contribution in [0.1, 0.15) is 0 Å². The standard InChI is InChI=1S/C2H6ClN3/c3-1-2(4)6-5-1/h1-2,5-6H,4H2/t1-,2?/m0/s1. The third-order valence-electron chi connectivity index (χ3n) is 0.703. The van der Waals surface area contributed by atoms with E-state index in [1.54, 1.807) is 0 Å². The molecule has 1 unspecified atom stereocenters. The minimum absolute atomic E-state index is 0.0633. The SMILES string of the molecule is NC1NN[C@@H]1Cl. The Morgan fingerprint density at radius 3 is 2.00 bits per heavy atom. The highest BCUT2D eigenvalue weighted by Crippen LogP contribution is 1.97. The van der Waals surface area contributed by atoms with E-state index in [9.17, 15) is 0 Å². The molecule has 0 saturated carbocycles. The van der Waals surface area contributed by atoms with E-state index in [-0.39, 0.29) is 11.7 Å². The number of alkyl halides is 1. The van der Waals surface area contributed by atoms with Crippen molar-refractivity contribution < 1.29 is 0 Å². The molecular formula is C2H6ClN3. The summed E-state index contributed by atoms with van der Waals surface area (Å²) in [6.45, 7) is 0. The second kappa shape index (κ2) is 1.35. The first kappa shape index (κ1) is 4.33. The summed E-state index contributed by atoms with van der Waals surface area (Å²) in [6.07, 6.45) is -0.0633. The van der Waals surface area contributed by atoms with Gasteiger partial charge in [0.2, 0.25) is 0 Å². The summed E-state index contributed by atoms with van der Waals surface area (Å²) in [5.74, 6) is 0. The Morgan fingerprint density at radius 1 is 1.50 bits per heavy atom. The fourth-order valence-corrected chi connectivity index (χ4v) is 0.369. The van der Waals surface area contributed by atoms with Crippen LogP contribution < -0.4 is 16.6 Å². The van der Waals surface area contributed by atoms with Crippen LogP contribution in [-0.2, 0) is 0 Å². The zero-order valence-electron chi connectivity index (χ0n) is 3.11. The number of halogens is 1. The lowest BCUT2D eigenvalue weighted by Gasteiger charge is -2.30. The fraction of sp³-hybridized carbons (Fsp3) is 1.00. The van der Waals surface area contributed by atoms with Gasteiger partial charge < -0.3 is 5.73 Å². The van der Waals surface area contributed by atoms with E-state index in [1.165, 1.54) is 0 Å². The average Bonchev–Trinajstić information content (AvgIpc) is 1.61. The Balaban J connectivity index is 2.20. The van der Waals surface area contributed by atoms with Crippen LogP contribution in [0.3, 0.4) is 0 Å². The summed E-state index contributed by atoms with van der Waals surface area (Å²) in [5.41, 5.74) is 10.4. The smallest absolute Gasteiger partial charge is 0.125 e. The van der Waals surface area contributed by atoms with Crippen LogP contribution in [0.4, 0.5) is 0 Å². The quantitative estimate of drug-likeness (QED) is 0.273. The Morgan fingerprint density at radius 2 is 2.00 bits per heavy atom.